The summed E-state index contributed by atoms with van der Waals surface area (Å²) in [5.41, 5.74) is 1.62. The quantitative estimate of drug-likeness (QED) is 0.395. The predicted octanol–water partition coefficient (Wildman–Crippen LogP) is 4.55. The van der Waals surface area contributed by atoms with Crippen molar-refractivity contribution < 1.29 is 10.2 Å². The van der Waals surface area contributed by atoms with Gasteiger partial charge < -0.3 is 15.1 Å². The largest absolute Gasteiger partial charge is 0.393 e. The Kier molecular flexibility index (Phi) is 9.38. The minimum absolute atomic E-state index is 0.202. The van der Waals surface area contributed by atoms with Crippen LogP contribution in [0.4, 0.5) is 0 Å². The van der Waals surface area contributed by atoms with Crippen molar-refractivity contribution in [3.63, 3.8) is 0 Å². The molecule has 0 aliphatic heterocycles. The Labute approximate surface area is 161 Å². The number of rotatable bonds is 12. The molecule has 0 spiro atoms. The summed E-state index contributed by atoms with van der Waals surface area (Å²) < 4.78 is 0. The van der Waals surface area contributed by atoms with Crippen molar-refractivity contribution in [2.45, 2.75) is 83.3 Å². The zero-order chi connectivity index (χ0) is 18.9. The van der Waals surface area contributed by atoms with E-state index in [1.165, 1.54) is 38.6 Å². The van der Waals surface area contributed by atoms with Gasteiger partial charge >= 0.3 is 0 Å². The van der Waals surface area contributed by atoms with Gasteiger partial charge in [0.2, 0.25) is 0 Å². The molecule has 150 valence electrons. The lowest BCUT2D eigenvalue weighted by Crippen LogP contribution is -2.17. The summed E-state index contributed by atoms with van der Waals surface area (Å²) in [5, 5.41) is 20.4. The lowest BCUT2D eigenvalue weighted by atomic mass is 9.88. The van der Waals surface area contributed by atoms with Crippen LogP contribution in [0.15, 0.2) is 23.8 Å². The fourth-order valence-corrected chi connectivity index (χ4v) is 4.70. The Bertz CT molecular complexity index is 457. The van der Waals surface area contributed by atoms with Gasteiger partial charge in [-0.1, -0.05) is 50.0 Å². The maximum atomic E-state index is 10.4. The highest BCUT2D eigenvalue weighted by atomic mass is 16.3. The first-order valence-corrected chi connectivity index (χ1v) is 10.9. The second-order valence-corrected chi connectivity index (χ2v) is 8.81. The van der Waals surface area contributed by atoms with Crippen molar-refractivity contribution in [2.24, 2.45) is 17.8 Å². The molecule has 0 aromatic carbocycles. The third-order valence-electron chi connectivity index (χ3n) is 6.21. The van der Waals surface area contributed by atoms with Crippen molar-refractivity contribution in [3.8, 4) is 0 Å². The molecular formula is C23H41NO2. The highest BCUT2D eigenvalue weighted by molar-refractivity contribution is 5.20. The van der Waals surface area contributed by atoms with Crippen molar-refractivity contribution in [3.05, 3.63) is 23.8 Å². The zero-order valence-corrected chi connectivity index (χ0v) is 17.2. The first-order valence-electron chi connectivity index (χ1n) is 10.9. The summed E-state index contributed by atoms with van der Waals surface area (Å²) >= 11 is 0. The smallest absolute Gasteiger partial charge is 0.0611 e. The Morgan fingerprint density at radius 3 is 2.77 bits per heavy atom. The van der Waals surface area contributed by atoms with E-state index >= 15 is 0 Å². The van der Waals surface area contributed by atoms with E-state index in [0.29, 0.717) is 11.8 Å². The molecule has 0 unspecified atom stereocenters. The average Bonchev–Trinajstić information content (AvgIpc) is 3.10. The Balaban J connectivity index is 1.72. The van der Waals surface area contributed by atoms with E-state index < -0.39 is 0 Å². The normalized spacial score (nSPS) is 29.5. The fraction of sp³-hybridized carbons (Fsp3) is 0.826. The van der Waals surface area contributed by atoms with Crippen LogP contribution < -0.4 is 0 Å². The average molecular weight is 364 g/mol. The van der Waals surface area contributed by atoms with Crippen LogP contribution in [0, 0.1) is 17.8 Å². The number of unbranched alkanes of at least 4 members (excludes halogenated alkanes) is 3. The first-order chi connectivity index (χ1) is 12.5. The second kappa shape index (κ2) is 11.3. The molecule has 2 N–H and O–H groups in total. The molecule has 0 aromatic rings. The molecule has 3 nitrogen and oxygen atoms in total. The van der Waals surface area contributed by atoms with Crippen LogP contribution in [0.5, 0.6) is 0 Å². The van der Waals surface area contributed by atoms with E-state index in [1.807, 2.05) is 0 Å². The topological polar surface area (TPSA) is 43.7 Å². The molecule has 0 saturated heterocycles. The number of aliphatic hydroxyl groups excluding tert-OH is 2. The number of allylic oxidation sites excluding steroid dienone is 2. The van der Waals surface area contributed by atoms with E-state index in [2.05, 4.69) is 44.1 Å². The Morgan fingerprint density at radius 2 is 2.04 bits per heavy atom. The van der Waals surface area contributed by atoms with E-state index in [-0.39, 0.29) is 18.1 Å². The molecule has 0 aromatic heterocycles. The molecule has 1 fully saturated rings. The predicted molar refractivity (Wildman–Crippen MR) is 110 cm³/mol. The summed E-state index contributed by atoms with van der Waals surface area (Å²) in [6, 6.07) is 0. The molecular weight excluding hydrogens is 322 g/mol. The third kappa shape index (κ3) is 6.83. The highest BCUT2D eigenvalue weighted by Gasteiger charge is 2.43. The Hall–Kier alpha value is -0.640. The van der Waals surface area contributed by atoms with Gasteiger partial charge in [-0.05, 0) is 77.4 Å². The molecule has 0 heterocycles. The van der Waals surface area contributed by atoms with Gasteiger partial charge in [-0.3, -0.25) is 0 Å². The Morgan fingerprint density at radius 1 is 1.23 bits per heavy atom. The van der Waals surface area contributed by atoms with E-state index in [4.69, 9.17) is 0 Å². The van der Waals surface area contributed by atoms with Crippen molar-refractivity contribution >= 4 is 0 Å². The molecule has 3 heteroatoms. The van der Waals surface area contributed by atoms with Crippen LogP contribution in [0.1, 0.15) is 71.1 Å². The number of aliphatic hydroxyl groups is 2. The maximum absolute atomic E-state index is 10.4. The summed E-state index contributed by atoms with van der Waals surface area (Å²) in [4.78, 5) is 2.26. The number of hydrogen-bond acceptors (Lipinski definition) is 3. The molecule has 0 bridgehead atoms. The highest BCUT2D eigenvalue weighted by Crippen LogP contribution is 2.48. The zero-order valence-electron chi connectivity index (χ0n) is 17.2. The van der Waals surface area contributed by atoms with Gasteiger partial charge in [-0.2, -0.15) is 0 Å². The maximum Gasteiger partial charge on any atom is 0.0611 e. The molecule has 0 radical (unpaired) electrons. The number of hydrogen-bond donors (Lipinski definition) is 2. The minimum Gasteiger partial charge on any atom is -0.393 e. The van der Waals surface area contributed by atoms with Gasteiger partial charge in [-0.25, -0.2) is 0 Å². The van der Waals surface area contributed by atoms with Gasteiger partial charge in [0.15, 0.2) is 0 Å². The molecule has 1 saturated carbocycles. The summed E-state index contributed by atoms with van der Waals surface area (Å²) in [6.45, 7) is 3.35. The van der Waals surface area contributed by atoms with E-state index in [9.17, 15) is 10.2 Å². The number of fused-ring (bicyclic) bond motifs is 1. The molecule has 26 heavy (non-hydrogen) atoms. The molecule has 0 amide bonds. The lowest BCUT2D eigenvalue weighted by molar-refractivity contribution is 0.139. The van der Waals surface area contributed by atoms with E-state index in [0.717, 1.165) is 32.1 Å². The van der Waals surface area contributed by atoms with Crippen LogP contribution in [0.2, 0.25) is 0 Å². The van der Waals surface area contributed by atoms with Crippen LogP contribution in [-0.4, -0.2) is 48.0 Å². The van der Waals surface area contributed by atoms with Gasteiger partial charge in [0, 0.05) is 5.92 Å². The van der Waals surface area contributed by atoms with Gasteiger partial charge in [-0.15, -0.1) is 0 Å². The van der Waals surface area contributed by atoms with Crippen molar-refractivity contribution in [2.75, 3.05) is 20.6 Å². The molecule has 2 rings (SSSR count). The standard InChI is InChI=1S/C23H41NO2/c1-4-5-11-20(25)12-9-13-21-22-16-18(15-19(22)17-23(21)26)10-7-6-8-14-24(2)3/h9,13,15,19-23,25-26H,4-8,10-12,14,16-17H2,1-3H3/t19-,20+,21+,22-,23+/m0/s1. The van der Waals surface area contributed by atoms with Crippen LogP contribution >= 0.6 is 0 Å². The third-order valence-corrected chi connectivity index (χ3v) is 6.21. The second-order valence-electron chi connectivity index (χ2n) is 8.81. The summed E-state index contributed by atoms with van der Waals surface area (Å²) in [5.74, 6) is 1.44. The minimum atomic E-state index is -0.222. The monoisotopic (exact) mass is 363 g/mol. The van der Waals surface area contributed by atoms with Gasteiger partial charge in [0.1, 0.15) is 0 Å². The fourth-order valence-electron chi connectivity index (χ4n) is 4.70. The molecule has 5 atom stereocenters. The SMILES string of the molecule is CCCC[C@@H](O)CC=C[C@@H]1[C@H]2CC(CCCCCN(C)C)=C[C@H]2C[C@H]1O. The van der Waals surface area contributed by atoms with Crippen LogP contribution in [0.3, 0.4) is 0 Å². The van der Waals surface area contributed by atoms with Gasteiger partial charge in [0.25, 0.3) is 0 Å². The van der Waals surface area contributed by atoms with Gasteiger partial charge in [0.05, 0.1) is 12.2 Å². The van der Waals surface area contributed by atoms with Crippen LogP contribution in [0.25, 0.3) is 0 Å². The first kappa shape index (κ1) is 21.7. The van der Waals surface area contributed by atoms with E-state index in [1.54, 1.807) is 5.57 Å². The lowest BCUT2D eigenvalue weighted by Gasteiger charge is -2.18. The number of nitrogens with zero attached hydrogens (tertiary/aromatic N) is 1. The van der Waals surface area contributed by atoms with Crippen molar-refractivity contribution in [1.29, 1.82) is 0 Å². The van der Waals surface area contributed by atoms with Crippen molar-refractivity contribution in [1.82, 2.24) is 4.90 Å². The summed E-state index contributed by atoms with van der Waals surface area (Å²) in [6.07, 6.45) is 17.4. The summed E-state index contributed by atoms with van der Waals surface area (Å²) in [7, 11) is 4.28. The van der Waals surface area contributed by atoms with Crippen LogP contribution in [-0.2, 0) is 0 Å². The molecule has 2 aliphatic carbocycles. The molecule has 2 aliphatic rings.